The molecule has 0 saturated carbocycles. The lowest BCUT2D eigenvalue weighted by Crippen LogP contribution is -2.37. The Balaban J connectivity index is 1.17. The molecule has 238 valence electrons. The van der Waals surface area contributed by atoms with Crippen LogP contribution < -0.4 is 5.19 Å². The maximum absolute atomic E-state index is 5.04. The molecule has 0 aliphatic heterocycles. The third-order valence-corrected chi connectivity index (χ3v) is 12.0. The predicted molar refractivity (Wildman–Crippen MR) is 208 cm³/mol. The van der Waals surface area contributed by atoms with Crippen molar-refractivity contribution in [1.29, 1.82) is 0 Å². The molecule has 8 rings (SSSR count). The number of fused-ring (bicyclic) bond motifs is 3. The van der Waals surface area contributed by atoms with Crippen LogP contribution in [0.3, 0.4) is 0 Å². The molecule has 0 fully saturated rings. The van der Waals surface area contributed by atoms with E-state index >= 15 is 0 Å². The molecule has 0 bridgehead atoms. The number of benzene rings is 6. The van der Waals surface area contributed by atoms with E-state index in [9.17, 15) is 0 Å². The molecule has 0 unspecified atom stereocenters. The van der Waals surface area contributed by atoms with Gasteiger partial charge in [0.1, 0.15) is 0 Å². The monoisotopic (exact) mass is 649 g/mol. The Hall–Kier alpha value is -5.45. The van der Waals surface area contributed by atoms with Gasteiger partial charge in [0, 0.05) is 22.1 Å². The highest BCUT2D eigenvalue weighted by Gasteiger charge is 2.35. The fourth-order valence-corrected chi connectivity index (χ4v) is 8.24. The first-order chi connectivity index (χ1) is 23.6. The van der Waals surface area contributed by atoms with Gasteiger partial charge in [-0.15, -0.1) is 0 Å². The van der Waals surface area contributed by atoms with Crippen LogP contribution in [0.5, 0.6) is 0 Å². The lowest BCUT2D eigenvalue weighted by atomic mass is 9.81. The molecular formula is C45H39N3Si. The minimum absolute atomic E-state index is 0.0355. The third-order valence-electron chi connectivity index (χ3n) is 9.91. The molecule has 49 heavy (non-hydrogen) atoms. The van der Waals surface area contributed by atoms with E-state index in [1.807, 2.05) is 18.2 Å². The minimum atomic E-state index is -1.43. The Morgan fingerprint density at radius 3 is 1.47 bits per heavy atom. The standard InChI is InChI=1S/C45H39N3Si/c1-45(2)40-20-10-9-19-38(40)39-26-23-35(29-41(39)45)33-16-11-15-32(27-33)34-17-12-18-36(28-34)44-47-42(30-13-7-6-8-14-30)46-43(48-44)31-21-24-37(25-22-31)49(3,4)5/h6-29H,1-5H3. The molecule has 1 heterocycles. The van der Waals surface area contributed by atoms with Gasteiger partial charge in [-0.2, -0.15) is 0 Å². The van der Waals surface area contributed by atoms with Gasteiger partial charge in [0.05, 0.1) is 8.07 Å². The summed E-state index contributed by atoms with van der Waals surface area (Å²) in [6.45, 7) is 11.8. The van der Waals surface area contributed by atoms with Gasteiger partial charge in [0.2, 0.25) is 0 Å². The van der Waals surface area contributed by atoms with Crippen molar-refractivity contribution in [2.24, 2.45) is 0 Å². The van der Waals surface area contributed by atoms with Crippen molar-refractivity contribution in [2.45, 2.75) is 38.9 Å². The molecule has 0 spiro atoms. The summed E-state index contributed by atoms with van der Waals surface area (Å²) < 4.78 is 0. The number of nitrogens with zero attached hydrogens (tertiary/aromatic N) is 3. The van der Waals surface area contributed by atoms with E-state index in [4.69, 9.17) is 15.0 Å². The van der Waals surface area contributed by atoms with Gasteiger partial charge in [-0.1, -0.05) is 166 Å². The smallest absolute Gasteiger partial charge is 0.164 e. The van der Waals surface area contributed by atoms with Gasteiger partial charge in [-0.05, 0) is 62.7 Å². The van der Waals surface area contributed by atoms with Crippen molar-refractivity contribution in [3.8, 4) is 67.5 Å². The van der Waals surface area contributed by atoms with Crippen LogP contribution in [0.2, 0.25) is 19.6 Å². The van der Waals surface area contributed by atoms with Crippen molar-refractivity contribution in [3.05, 3.63) is 157 Å². The van der Waals surface area contributed by atoms with Gasteiger partial charge >= 0.3 is 0 Å². The Kier molecular flexibility index (Phi) is 7.50. The number of hydrogen-bond acceptors (Lipinski definition) is 3. The number of rotatable bonds is 6. The van der Waals surface area contributed by atoms with Crippen LogP contribution in [0.25, 0.3) is 67.5 Å². The molecule has 4 heteroatoms. The average Bonchev–Trinajstić information content (AvgIpc) is 3.37. The summed E-state index contributed by atoms with van der Waals surface area (Å²) in [4.78, 5) is 15.0. The molecule has 1 aliphatic rings. The summed E-state index contributed by atoms with van der Waals surface area (Å²) in [5, 5.41) is 1.41. The van der Waals surface area contributed by atoms with Crippen LogP contribution in [-0.4, -0.2) is 23.0 Å². The SMILES string of the molecule is CC1(C)c2ccccc2-c2ccc(-c3cccc(-c4cccc(-c5nc(-c6ccccc6)nc(-c6ccc([Si](C)(C)C)cc6)n5)c4)c3)cc21. The van der Waals surface area contributed by atoms with E-state index < -0.39 is 8.07 Å². The Morgan fingerprint density at radius 2 is 0.837 bits per heavy atom. The van der Waals surface area contributed by atoms with Crippen LogP contribution in [-0.2, 0) is 5.41 Å². The average molecular weight is 650 g/mol. The molecule has 1 aliphatic carbocycles. The van der Waals surface area contributed by atoms with Crippen LogP contribution in [0, 0.1) is 0 Å². The van der Waals surface area contributed by atoms with Gasteiger partial charge in [-0.3, -0.25) is 0 Å². The van der Waals surface area contributed by atoms with E-state index in [0.717, 1.165) is 27.8 Å². The van der Waals surface area contributed by atoms with Gasteiger partial charge < -0.3 is 0 Å². The molecule has 0 saturated heterocycles. The molecule has 0 amide bonds. The molecule has 7 aromatic rings. The zero-order valence-corrected chi connectivity index (χ0v) is 29.7. The minimum Gasteiger partial charge on any atom is -0.208 e. The second kappa shape index (κ2) is 11.9. The summed E-state index contributed by atoms with van der Waals surface area (Å²) in [5.74, 6) is 2.01. The van der Waals surface area contributed by atoms with Crippen LogP contribution in [0.15, 0.2) is 146 Å². The maximum atomic E-state index is 5.04. The van der Waals surface area contributed by atoms with E-state index in [1.54, 1.807) is 0 Å². The van der Waals surface area contributed by atoms with E-state index in [0.29, 0.717) is 17.5 Å². The number of hydrogen-bond donors (Lipinski definition) is 0. The molecule has 0 atom stereocenters. The van der Waals surface area contributed by atoms with Crippen molar-refractivity contribution in [1.82, 2.24) is 15.0 Å². The topological polar surface area (TPSA) is 38.7 Å². The van der Waals surface area contributed by atoms with Crippen molar-refractivity contribution < 1.29 is 0 Å². The highest BCUT2D eigenvalue weighted by Crippen LogP contribution is 2.49. The van der Waals surface area contributed by atoms with E-state index in [1.165, 1.54) is 38.6 Å². The molecular weight excluding hydrogens is 611 g/mol. The second-order valence-corrected chi connectivity index (χ2v) is 19.7. The highest BCUT2D eigenvalue weighted by molar-refractivity contribution is 6.88. The first kappa shape index (κ1) is 30.9. The molecule has 3 nitrogen and oxygen atoms in total. The summed E-state index contributed by atoms with van der Waals surface area (Å²) in [6, 6.07) is 52.1. The highest BCUT2D eigenvalue weighted by atomic mass is 28.3. The predicted octanol–water partition coefficient (Wildman–Crippen LogP) is 11.1. The summed E-state index contributed by atoms with van der Waals surface area (Å²) in [6.07, 6.45) is 0. The normalized spacial score (nSPS) is 13.2. The van der Waals surface area contributed by atoms with Crippen molar-refractivity contribution >= 4 is 13.3 Å². The third kappa shape index (κ3) is 5.72. The summed E-state index contributed by atoms with van der Waals surface area (Å²) in [5.41, 5.74) is 13.1. The first-order valence-electron chi connectivity index (χ1n) is 17.0. The summed E-state index contributed by atoms with van der Waals surface area (Å²) in [7, 11) is -1.43. The lowest BCUT2D eigenvalue weighted by molar-refractivity contribution is 0.660. The fraction of sp³-hybridized carbons (Fsp3) is 0.133. The fourth-order valence-electron chi connectivity index (χ4n) is 7.07. The molecule has 6 aromatic carbocycles. The maximum Gasteiger partial charge on any atom is 0.164 e. The van der Waals surface area contributed by atoms with Crippen molar-refractivity contribution in [3.63, 3.8) is 0 Å². The molecule has 0 radical (unpaired) electrons. The van der Waals surface area contributed by atoms with Crippen LogP contribution in [0.4, 0.5) is 0 Å². The molecule has 1 aromatic heterocycles. The quantitative estimate of drug-likeness (QED) is 0.168. The second-order valence-electron chi connectivity index (χ2n) is 14.6. The van der Waals surface area contributed by atoms with Gasteiger partial charge in [0.25, 0.3) is 0 Å². The van der Waals surface area contributed by atoms with E-state index in [-0.39, 0.29) is 5.41 Å². The van der Waals surface area contributed by atoms with Crippen LogP contribution in [0.1, 0.15) is 25.0 Å². The van der Waals surface area contributed by atoms with Gasteiger partial charge in [0.15, 0.2) is 17.5 Å². The van der Waals surface area contributed by atoms with Crippen molar-refractivity contribution in [2.75, 3.05) is 0 Å². The summed E-state index contributed by atoms with van der Waals surface area (Å²) >= 11 is 0. The Bertz CT molecular complexity index is 2330. The Morgan fingerprint density at radius 1 is 0.388 bits per heavy atom. The zero-order chi connectivity index (χ0) is 33.8. The van der Waals surface area contributed by atoms with Crippen LogP contribution >= 0.6 is 0 Å². The molecule has 0 N–H and O–H groups in total. The number of aromatic nitrogens is 3. The zero-order valence-electron chi connectivity index (χ0n) is 28.7. The van der Waals surface area contributed by atoms with Gasteiger partial charge in [-0.25, -0.2) is 15.0 Å². The Labute approximate surface area is 290 Å². The first-order valence-corrected chi connectivity index (χ1v) is 20.5. The lowest BCUT2D eigenvalue weighted by Gasteiger charge is -2.22. The largest absolute Gasteiger partial charge is 0.208 e. The van der Waals surface area contributed by atoms with E-state index in [2.05, 4.69) is 161 Å².